The van der Waals surface area contributed by atoms with Crippen molar-refractivity contribution >= 4 is 39.9 Å². The number of alkyl halides is 1. The molecule has 8 atom stereocenters. The van der Waals surface area contributed by atoms with Gasteiger partial charge in [-0.1, -0.05) is 43.4 Å². The zero-order valence-corrected chi connectivity index (χ0v) is 16.8. The highest BCUT2D eigenvalue weighted by molar-refractivity contribution is 14.1. The van der Waals surface area contributed by atoms with E-state index in [9.17, 15) is 14.4 Å². The number of carbonyl (C=O) groups excluding carboxylic acids is 3. The minimum atomic E-state index is -0.689. The Kier molecular flexibility index (Phi) is 2.77. The number of hydrogen-bond donors (Lipinski definition) is 0. The van der Waals surface area contributed by atoms with Gasteiger partial charge in [-0.3, -0.25) is 14.4 Å². The molecule has 0 aromatic carbocycles. The smallest absolute Gasteiger partial charge is 0.153 e. The molecule has 4 heteroatoms. The van der Waals surface area contributed by atoms with E-state index < -0.39 is 5.41 Å². The predicted molar refractivity (Wildman–Crippen MR) is 97.7 cm³/mol. The van der Waals surface area contributed by atoms with Crippen LogP contribution in [0.4, 0.5) is 0 Å². The van der Waals surface area contributed by atoms with E-state index >= 15 is 0 Å². The summed E-state index contributed by atoms with van der Waals surface area (Å²) in [6.07, 6.45) is 4.09. The molecule has 6 fully saturated rings. The van der Waals surface area contributed by atoms with Gasteiger partial charge in [0, 0.05) is 27.6 Å². The normalized spacial score (nSPS) is 60.8. The summed E-state index contributed by atoms with van der Waals surface area (Å²) in [6, 6.07) is 0. The molecule has 6 saturated carbocycles. The maximum atomic E-state index is 13.3. The zero-order valence-electron chi connectivity index (χ0n) is 14.7. The van der Waals surface area contributed by atoms with Crippen molar-refractivity contribution < 1.29 is 14.4 Å². The van der Waals surface area contributed by atoms with Gasteiger partial charge in [-0.2, -0.15) is 0 Å². The van der Waals surface area contributed by atoms with E-state index in [0.717, 1.165) is 23.7 Å². The molecule has 4 bridgehead atoms. The number of Topliss-reactive ketones (excluding diaryl/α,β-unsaturated/α-hetero) is 3. The van der Waals surface area contributed by atoms with Gasteiger partial charge in [0.05, 0.1) is 5.41 Å². The van der Waals surface area contributed by atoms with Crippen molar-refractivity contribution in [2.24, 2.45) is 45.3 Å². The van der Waals surface area contributed by atoms with Gasteiger partial charge in [0.2, 0.25) is 0 Å². The molecule has 0 N–H and O–H groups in total. The van der Waals surface area contributed by atoms with E-state index in [2.05, 4.69) is 36.4 Å². The fraction of sp³-hybridized carbons (Fsp3) is 0.850. The molecule has 130 valence electrons. The third kappa shape index (κ3) is 1.30. The number of carbonyl (C=O) groups is 3. The molecule has 0 heterocycles. The highest BCUT2D eigenvalue weighted by Gasteiger charge is 2.87. The average Bonchev–Trinajstić information content (AvgIpc) is 3.14. The maximum Gasteiger partial charge on any atom is 0.153 e. The summed E-state index contributed by atoms with van der Waals surface area (Å²) in [5.74, 6) is 1.78. The molecule has 0 radical (unpaired) electrons. The van der Waals surface area contributed by atoms with Crippen molar-refractivity contribution in [3.63, 3.8) is 0 Å². The van der Waals surface area contributed by atoms with E-state index in [0.29, 0.717) is 30.5 Å². The summed E-state index contributed by atoms with van der Waals surface area (Å²) in [4.78, 5) is 39.2. The monoisotopic (exact) mass is 440 g/mol. The zero-order chi connectivity index (χ0) is 17.3. The Morgan fingerprint density at radius 2 is 1.79 bits per heavy atom. The molecule has 1 spiro atoms. The van der Waals surface area contributed by atoms with Gasteiger partial charge in [-0.15, -0.1) is 0 Å². The third-order valence-corrected chi connectivity index (χ3v) is 11.0. The van der Waals surface area contributed by atoms with Crippen LogP contribution in [0.15, 0.2) is 0 Å². The second-order valence-electron chi connectivity index (χ2n) is 9.89. The molecule has 6 rings (SSSR count). The van der Waals surface area contributed by atoms with E-state index in [4.69, 9.17) is 0 Å². The second-order valence-corrected chi connectivity index (χ2v) is 10.7. The number of hydrogen-bond acceptors (Lipinski definition) is 3. The summed E-state index contributed by atoms with van der Waals surface area (Å²) in [6.45, 7) is 6.49. The Hall–Kier alpha value is -0.260. The fourth-order valence-corrected chi connectivity index (χ4v) is 8.97. The highest BCUT2D eigenvalue weighted by atomic mass is 127. The SMILES string of the molecule is C[C@]12CCC(=O)[C@@](C)(CI)[C@@H]1CC[C@]13C(=O)[C@@H]4[C@@H](C[C@@H]12)[C@@]4(C)C3=O. The lowest BCUT2D eigenvalue weighted by Gasteiger charge is -2.63. The van der Waals surface area contributed by atoms with Gasteiger partial charge in [0.25, 0.3) is 0 Å². The first kappa shape index (κ1) is 16.0. The molecular weight excluding hydrogens is 415 g/mol. The van der Waals surface area contributed by atoms with Crippen molar-refractivity contribution in [3.05, 3.63) is 0 Å². The van der Waals surface area contributed by atoms with Crippen molar-refractivity contribution in [2.75, 3.05) is 4.43 Å². The lowest BCUT2D eigenvalue weighted by Crippen LogP contribution is -2.64. The summed E-state index contributed by atoms with van der Waals surface area (Å²) < 4.78 is 0.842. The number of fused-ring (bicyclic) bond motifs is 1. The first-order chi connectivity index (χ1) is 11.2. The molecule has 0 aromatic rings. The molecule has 0 unspecified atom stereocenters. The van der Waals surface area contributed by atoms with Crippen LogP contribution in [0, 0.1) is 45.3 Å². The number of rotatable bonds is 1. The Labute approximate surface area is 156 Å². The molecule has 24 heavy (non-hydrogen) atoms. The summed E-state index contributed by atoms with van der Waals surface area (Å²) in [5, 5.41) is 0. The molecule has 0 aliphatic heterocycles. The number of halogens is 1. The van der Waals surface area contributed by atoms with Crippen LogP contribution in [-0.2, 0) is 14.4 Å². The highest BCUT2D eigenvalue weighted by Crippen LogP contribution is 2.82. The van der Waals surface area contributed by atoms with Crippen molar-refractivity contribution in [2.45, 2.75) is 52.9 Å². The second kappa shape index (κ2) is 4.17. The topological polar surface area (TPSA) is 51.2 Å². The average molecular weight is 440 g/mol. The molecule has 0 amide bonds. The molecular formula is C20H25IO3. The van der Waals surface area contributed by atoms with E-state index in [1.165, 1.54) is 0 Å². The van der Waals surface area contributed by atoms with Crippen LogP contribution >= 0.6 is 22.6 Å². The van der Waals surface area contributed by atoms with Gasteiger partial charge in [-0.25, -0.2) is 0 Å². The predicted octanol–water partition coefficient (Wildman–Crippen LogP) is 3.62. The quantitative estimate of drug-likeness (QED) is 0.356. The summed E-state index contributed by atoms with van der Waals surface area (Å²) >= 11 is 2.36. The van der Waals surface area contributed by atoms with Crippen LogP contribution in [0.1, 0.15) is 52.9 Å². The van der Waals surface area contributed by atoms with Crippen LogP contribution in [-0.4, -0.2) is 21.8 Å². The largest absolute Gasteiger partial charge is 0.299 e. The Morgan fingerprint density at radius 3 is 2.38 bits per heavy atom. The Balaban J connectivity index is 1.64. The van der Waals surface area contributed by atoms with E-state index in [-0.39, 0.29) is 39.6 Å². The molecule has 3 nitrogen and oxygen atoms in total. The van der Waals surface area contributed by atoms with Crippen LogP contribution in [0.25, 0.3) is 0 Å². The van der Waals surface area contributed by atoms with Crippen LogP contribution in [0.3, 0.4) is 0 Å². The minimum absolute atomic E-state index is 0.0302. The number of ketones is 3. The van der Waals surface area contributed by atoms with Crippen molar-refractivity contribution in [1.82, 2.24) is 0 Å². The lowest BCUT2D eigenvalue weighted by molar-refractivity contribution is -0.180. The van der Waals surface area contributed by atoms with E-state index in [1.54, 1.807) is 0 Å². The van der Waals surface area contributed by atoms with Crippen molar-refractivity contribution in [3.8, 4) is 0 Å². The first-order valence-corrected chi connectivity index (χ1v) is 10.9. The van der Waals surface area contributed by atoms with Crippen LogP contribution in [0.2, 0.25) is 0 Å². The third-order valence-electron chi connectivity index (χ3n) is 9.40. The Bertz CT molecular complexity index is 716. The van der Waals surface area contributed by atoms with Crippen LogP contribution in [0.5, 0.6) is 0 Å². The van der Waals surface area contributed by atoms with Gasteiger partial charge >= 0.3 is 0 Å². The molecule has 0 saturated heterocycles. The fourth-order valence-electron chi connectivity index (χ4n) is 8.02. The van der Waals surface area contributed by atoms with Gasteiger partial charge < -0.3 is 0 Å². The molecule has 6 aliphatic rings. The van der Waals surface area contributed by atoms with Crippen molar-refractivity contribution in [1.29, 1.82) is 0 Å². The van der Waals surface area contributed by atoms with Gasteiger partial charge in [0.15, 0.2) is 11.6 Å². The van der Waals surface area contributed by atoms with Crippen LogP contribution < -0.4 is 0 Å². The first-order valence-electron chi connectivity index (χ1n) is 9.37. The van der Waals surface area contributed by atoms with Gasteiger partial charge in [0.1, 0.15) is 5.78 Å². The Morgan fingerprint density at radius 1 is 1.08 bits per heavy atom. The maximum absolute atomic E-state index is 13.3. The van der Waals surface area contributed by atoms with E-state index in [1.807, 2.05) is 6.92 Å². The summed E-state index contributed by atoms with van der Waals surface area (Å²) in [5.41, 5.74) is -1.33. The standard InChI is InChI=1S/C20H25IO3/c1-17-6-5-13(22)18(2,9-21)11(17)4-7-20-12(17)8-10-14(15(20)23)19(10,3)16(20)24/h10-12,14H,4-9H2,1-3H3/t10-,11-,12-,14+,17+,18+,19-,20-/m1/s1. The molecule has 0 aromatic heterocycles. The summed E-state index contributed by atoms with van der Waals surface area (Å²) in [7, 11) is 0. The van der Waals surface area contributed by atoms with Gasteiger partial charge in [-0.05, 0) is 48.9 Å². The lowest BCUT2D eigenvalue weighted by atomic mass is 9.39. The minimum Gasteiger partial charge on any atom is -0.299 e. The molecule has 6 aliphatic carbocycles.